The molecule has 0 radical (unpaired) electrons. The first-order valence-corrected chi connectivity index (χ1v) is 5.12. The zero-order chi connectivity index (χ0) is 11.4. The molecule has 0 unspecified atom stereocenters. The lowest BCUT2D eigenvalue weighted by Crippen LogP contribution is -2.11. The summed E-state index contributed by atoms with van der Waals surface area (Å²) in [6, 6.07) is 0. The van der Waals surface area contributed by atoms with Crippen LogP contribution >= 0.6 is 0 Å². The van der Waals surface area contributed by atoms with Crippen LogP contribution in [0.3, 0.4) is 0 Å². The van der Waals surface area contributed by atoms with Crippen molar-refractivity contribution in [1.29, 1.82) is 0 Å². The van der Waals surface area contributed by atoms with E-state index in [2.05, 4.69) is 11.4 Å². The van der Waals surface area contributed by atoms with Crippen LogP contribution in [0, 0.1) is 0 Å². The molecule has 3 nitrogen and oxygen atoms in total. The number of nitrogens with one attached hydrogen (secondary N) is 1. The van der Waals surface area contributed by atoms with Crippen molar-refractivity contribution in [2.45, 2.75) is 26.2 Å². The Morgan fingerprint density at radius 2 is 2.27 bits per heavy atom. The van der Waals surface area contributed by atoms with E-state index >= 15 is 0 Å². The minimum absolute atomic E-state index is 0.694. The summed E-state index contributed by atoms with van der Waals surface area (Å²) in [5.74, 6) is 0. The maximum absolute atomic E-state index is 10.0. The first-order valence-electron chi connectivity index (χ1n) is 5.12. The number of aliphatic hydroxyl groups is 1. The SMILES string of the molecule is C/C=C\C/C(=C\C=C\O)CCCNC=O. The molecule has 0 rings (SSSR count). The van der Waals surface area contributed by atoms with Gasteiger partial charge in [-0.2, -0.15) is 0 Å². The molecule has 0 atom stereocenters. The van der Waals surface area contributed by atoms with E-state index in [1.165, 1.54) is 5.57 Å². The summed E-state index contributed by atoms with van der Waals surface area (Å²) < 4.78 is 0. The molecule has 0 aliphatic carbocycles. The summed E-state index contributed by atoms with van der Waals surface area (Å²) in [5.41, 5.74) is 1.24. The third-order valence-electron chi connectivity index (χ3n) is 1.94. The zero-order valence-corrected chi connectivity index (χ0v) is 9.15. The highest BCUT2D eigenvalue weighted by Crippen LogP contribution is 2.10. The molecular formula is C12H19NO2. The standard InChI is InChI=1S/C12H19NO2/c1-2-3-6-12(8-5-10-14)7-4-9-13-11-15/h2-3,5,8,10-11,14H,4,6-7,9H2,1H3,(H,13,15)/b3-2-,10-5+,12-8+. The van der Waals surface area contributed by atoms with Crippen molar-refractivity contribution in [3.8, 4) is 0 Å². The van der Waals surface area contributed by atoms with E-state index in [9.17, 15) is 4.79 Å². The Balaban J connectivity index is 3.95. The highest BCUT2D eigenvalue weighted by atomic mass is 16.2. The minimum atomic E-state index is 0.694. The lowest BCUT2D eigenvalue weighted by molar-refractivity contribution is -0.109. The molecule has 3 heteroatoms. The van der Waals surface area contributed by atoms with Gasteiger partial charge in [0.1, 0.15) is 0 Å². The van der Waals surface area contributed by atoms with Crippen LogP contribution in [0.5, 0.6) is 0 Å². The van der Waals surface area contributed by atoms with Crippen LogP contribution < -0.4 is 5.32 Å². The van der Waals surface area contributed by atoms with Gasteiger partial charge in [-0.3, -0.25) is 4.79 Å². The van der Waals surface area contributed by atoms with Crippen LogP contribution in [-0.4, -0.2) is 18.1 Å². The molecule has 1 amide bonds. The molecule has 0 bridgehead atoms. The fourth-order valence-electron chi connectivity index (χ4n) is 1.18. The van der Waals surface area contributed by atoms with Crippen molar-refractivity contribution in [2.75, 3.05) is 6.54 Å². The van der Waals surface area contributed by atoms with Crippen LogP contribution in [-0.2, 0) is 4.79 Å². The summed E-state index contributed by atoms with van der Waals surface area (Å²) in [5, 5.41) is 11.2. The third kappa shape index (κ3) is 8.81. The number of hydrogen-bond acceptors (Lipinski definition) is 2. The monoisotopic (exact) mass is 209 g/mol. The first-order chi connectivity index (χ1) is 7.35. The van der Waals surface area contributed by atoms with Gasteiger partial charge in [-0.1, -0.05) is 23.8 Å². The average molecular weight is 209 g/mol. The van der Waals surface area contributed by atoms with Crippen LogP contribution in [0.1, 0.15) is 26.2 Å². The normalized spacial score (nSPS) is 12.5. The number of rotatable bonds is 8. The molecule has 2 N–H and O–H groups in total. The predicted molar refractivity (Wildman–Crippen MR) is 62.6 cm³/mol. The van der Waals surface area contributed by atoms with Gasteiger partial charge in [0.05, 0.1) is 6.26 Å². The number of allylic oxidation sites excluding steroid dienone is 5. The van der Waals surface area contributed by atoms with Gasteiger partial charge in [-0.15, -0.1) is 0 Å². The van der Waals surface area contributed by atoms with Crippen molar-refractivity contribution in [3.05, 3.63) is 36.1 Å². The smallest absolute Gasteiger partial charge is 0.207 e. The summed E-state index contributed by atoms with van der Waals surface area (Å²) >= 11 is 0. The molecule has 0 heterocycles. The van der Waals surface area contributed by atoms with Crippen LogP contribution in [0.2, 0.25) is 0 Å². The lowest BCUT2D eigenvalue weighted by atomic mass is 10.1. The Hall–Kier alpha value is -1.51. The highest BCUT2D eigenvalue weighted by molar-refractivity contribution is 5.45. The fraction of sp³-hybridized carbons (Fsp3) is 0.417. The molecule has 0 aromatic rings. The first kappa shape index (κ1) is 13.5. The van der Waals surface area contributed by atoms with E-state index in [1.807, 2.05) is 19.1 Å². The number of aliphatic hydroxyl groups excluding tert-OH is 1. The second-order valence-electron chi connectivity index (χ2n) is 3.12. The Labute approximate surface area is 91.2 Å². The topological polar surface area (TPSA) is 49.3 Å². The number of amides is 1. The Bertz CT molecular complexity index is 242. The Morgan fingerprint density at radius 3 is 2.87 bits per heavy atom. The van der Waals surface area contributed by atoms with E-state index in [1.54, 1.807) is 6.08 Å². The quantitative estimate of drug-likeness (QED) is 0.212. The maximum Gasteiger partial charge on any atom is 0.207 e. The number of hydrogen-bond donors (Lipinski definition) is 2. The van der Waals surface area contributed by atoms with Crippen molar-refractivity contribution < 1.29 is 9.90 Å². The van der Waals surface area contributed by atoms with Crippen LogP contribution in [0.4, 0.5) is 0 Å². The second-order valence-corrected chi connectivity index (χ2v) is 3.12. The van der Waals surface area contributed by atoms with E-state index in [4.69, 9.17) is 5.11 Å². The van der Waals surface area contributed by atoms with Crippen LogP contribution in [0.25, 0.3) is 0 Å². The van der Waals surface area contributed by atoms with E-state index in [0.717, 1.165) is 25.5 Å². The Kier molecular flexibility index (Phi) is 9.51. The van der Waals surface area contributed by atoms with Gasteiger partial charge < -0.3 is 10.4 Å². The minimum Gasteiger partial charge on any atom is -0.516 e. The lowest BCUT2D eigenvalue weighted by Gasteiger charge is -2.03. The average Bonchev–Trinajstić information content (AvgIpc) is 2.27. The van der Waals surface area contributed by atoms with Gasteiger partial charge >= 0.3 is 0 Å². The van der Waals surface area contributed by atoms with Gasteiger partial charge in [0.25, 0.3) is 0 Å². The molecule has 0 aliphatic rings. The third-order valence-corrected chi connectivity index (χ3v) is 1.94. The van der Waals surface area contributed by atoms with Crippen molar-refractivity contribution in [3.63, 3.8) is 0 Å². The summed E-state index contributed by atoms with van der Waals surface area (Å²) in [4.78, 5) is 10.0. The maximum atomic E-state index is 10.0. The van der Waals surface area contributed by atoms with E-state index < -0.39 is 0 Å². The Morgan fingerprint density at radius 1 is 1.47 bits per heavy atom. The molecule has 15 heavy (non-hydrogen) atoms. The van der Waals surface area contributed by atoms with Crippen molar-refractivity contribution in [1.82, 2.24) is 5.32 Å². The van der Waals surface area contributed by atoms with Crippen LogP contribution in [0.15, 0.2) is 36.1 Å². The van der Waals surface area contributed by atoms with Crippen molar-refractivity contribution >= 4 is 6.41 Å². The van der Waals surface area contributed by atoms with Gasteiger partial charge in [0.2, 0.25) is 6.41 Å². The fourth-order valence-corrected chi connectivity index (χ4v) is 1.18. The molecule has 0 aliphatic heterocycles. The molecule has 84 valence electrons. The molecule has 0 saturated heterocycles. The molecular weight excluding hydrogens is 190 g/mol. The summed E-state index contributed by atoms with van der Waals surface area (Å²) in [6.07, 6.45) is 12.1. The van der Waals surface area contributed by atoms with Gasteiger partial charge in [0, 0.05) is 6.54 Å². The summed E-state index contributed by atoms with van der Waals surface area (Å²) in [7, 11) is 0. The second kappa shape index (κ2) is 10.6. The summed E-state index contributed by atoms with van der Waals surface area (Å²) in [6.45, 7) is 2.67. The van der Waals surface area contributed by atoms with E-state index in [-0.39, 0.29) is 0 Å². The number of carbonyl (C=O) groups excluding carboxylic acids is 1. The molecule has 0 fully saturated rings. The van der Waals surface area contributed by atoms with Crippen molar-refractivity contribution in [2.24, 2.45) is 0 Å². The highest BCUT2D eigenvalue weighted by Gasteiger charge is 1.94. The predicted octanol–water partition coefficient (Wildman–Crippen LogP) is 2.48. The zero-order valence-electron chi connectivity index (χ0n) is 9.15. The van der Waals surface area contributed by atoms with E-state index in [0.29, 0.717) is 13.0 Å². The molecule has 0 spiro atoms. The molecule has 0 aromatic heterocycles. The van der Waals surface area contributed by atoms with Gasteiger partial charge in [-0.05, 0) is 32.3 Å². The molecule has 0 saturated carbocycles. The largest absolute Gasteiger partial charge is 0.516 e. The molecule has 0 aromatic carbocycles. The van der Waals surface area contributed by atoms with Gasteiger partial charge in [0.15, 0.2) is 0 Å². The number of carbonyl (C=O) groups is 1. The van der Waals surface area contributed by atoms with Gasteiger partial charge in [-0.25, -0.2) is 0 Å².